The zero-order valence-electron chi connectivity index (χ0n) is 19.7. The number of benzene rings is 2. The van der Waals surface area contributed by atoms with Gasteiger partial charge in [-0.05, 0) is 29.3 Å². The summed E-state index contributed by atoms with van der Waals surface area (Å²) < 4.78 is 30.3. The Morgan fingerprint density at radius 3 is 2.54 bits per heavy atom. The molecular weight excluding hydrogens is 492 g/mol. The van der Waals surface area contributed by atoms with Gasteiger partial charge in [-0.2, -0.15) is 0 Å². The number of fused-ring (bicyclic) bond motifs is 1. The largest absolute Gasteiger partial charge is 0.465 e. The summed E-state index contributed by atoms with van der Waals surface area (Å²) in [5.74, 6) is 0.281. The zero-order valence-corrected chi connectivity index (χ0v) is 20.5. The lowest BCUT2D eigenvalue weighted by molar-refractivity contribution is 0.0599. The molecule has 0 saturated carbocycles. The van der Waals surface area contributed by atoms with Gasteiger partial charge >= 0.3 is 5.97 Å². The normalized spacial score (nSPS) is 11.4. The van der Waals surface area contributed by atoms with E-state index in [-0.39, 0.29) is 17.3 Å². The molecule has 0 unspecified atom stereocenters. The van der Waals surface area contributed by atoms with Crippen molar-refractivity contribution in [3.63, 3.8) is 0 Å². The first kappa shape index (κ1) is 24.1. The fourth-order valence-electron chi connectivity index (χ4n) is 3.98. The highest BCUT2D eigenvalue weighted by Crippen LogP contribution is 2.31. The molecule has 0 spiro atoms. The molecule has 3 aromatic heterocycles. The number of esters is 1. The highest BCUT2D eigenvalue weighted by atomic mass is 32.2. The molecule has 0 amide bonds. The Bertz CT molecular complexity index is 1720. The van der Waals surface area contributed by atoms with E-state index in [0.717, 1.165) is 16.7 Å². The van der Waals surface area contributed by atoms with Crippen molar-refractivity contribution in [1.29, 1.82) is 0 Å². The van der Waals surface area contributed by atoms with E-state index >= 15 is 0 Å². The molecule has 0 bridgehead atoms. The Labute approximate surface area is 212 Å². The number of carbonyl (C=O) groups excluding carboxylic acids is 1. The number of nitrogens with one attached hydrogen (secondary N) is 1. The number of anilines is 1. The average molecular weight is 515 g/mol. The summed E-state index contributed by atoms with van der Waals surface area (Å²) in [6.45, 7) is 0.270. The predicted molar refractivity (Wildman–Crippen MR) is 138 cm³/mol. The summed E-state index contributed by atoms with van der Waals surface area (Å²) in [5.41, 5.74) is 4.11. The maximum atomic E-state index is 12.3. The van der Waals surface area contributed by atoms with Gasteiger partial charge in [-0.15, -0.1) is 5.10 Å². The van der Waals surface area contributed by atoms with Gasteiger partial charge in [0.2, 0.25) is 10.0 Å². The summed E-state index contributed by atoms with van der Waals surface area (Å²) in [5, 5.41) is 13.2. The van der Waals surface area contributed by atoms with E-state index < -0.39 is 16.0 Å². The van der Waals surface area contributed by atoms with Crippen molar-refractivity contribution in [2.45, 2.75) is 11.4 Å². The number of primary sulfonamides is 1. The number of nitrogens with two attached hydrogens (primary N) is 1. The van der Waals surface area contributed by atoms with Gasteiger partial charge in [0.05, 0.1) is 12.7 Å². The van der Waals surface area contributed by atoms with Crippen LogP contribution in [-0.2, 0) is 21.3 Å². The van der Waals surface area contributed by atoms with Gasteiger partial charge in [-0.25, -0.2) is 27.9 Å². The van der Waals surface area contributed by atoms with Gasteiger partial charge in [0, 0.05) is 36.3 Å². The van der Waals surface area contributed by atoms with Crippen molar-refractivity contribution in [1.82, 2.24) is 19.6 Å². The monoisotopic (exact) mass is 514 g/mol. The van der Waals surface area contributed by atoms with Crippen LogP contribution in [0.15, 0.2) is 90.2 Å². The molecule has 0 saturated heterocycles. The summed E-state index contributed by atoms with van der Waals surface area (Å²) in [7, 11) is -2.63. The van der Waals surface area contributed by atoms with E-state index in [0.29, 0.717) is 22.5 Å². The van der Waals surface area contributed by atoms with Crippen molar-refractivity contribution in [2.24, 2.45) is 5.14 Å². The maximum absolute atomic E-state index is 12.3. The molecule has 11 heteroatoms. The number of sulfonamides is 1. The van der Waals surface area contributed by atoms with Crippen LogP contribution in [0.3, 0.4) is 0 Å². The number of aromatic nitrogens is 4. The lowest BCUT2D eigenvalue weighted by atomic mass is 10.1. The summed E-state index contributed by atoms with van der Waals surface area (Å²) in [4.78, 5) is 20.8. The Kier molecular flexibility index (Phi) is 6.38. The molecule has 5 aromatic rings. The molecule has 5 rings (SSSR count). The van der Waals surface area contributed by atoms with E-state index in [9.17, 15) is 13.2 Å². The number of ether oxygens (including phenoxy) is 1. The molecule has 3 N–H and O–H groups in total. The van der Waals surface area contributed by atoms with E-state index in [2.05, 4.69) is 15.4 Å². The van der Waals surface area contributed by atoms with E-state index in [1.165, 1.54) is 25.6 Å². The number of hydrogen-bond acceptors (Lipinski definition) is 8. The van der Waals surface area contributed by atoms with Crippen LogP contribution in [0.5, 0.6) is 0 Å². The van der Waals surface area contributed by atoms with Crippen LogP contribution in [-0.4, -0.2) is 41.1 Å². The molecule has 0 aliphatic carbocycles. The summed E-state index contributed by atoms with van der Waals surface area (Å²) in [6, 6.07) is 20.2. The van der Waals surface area contributed by atoms with Gasteiger partial charge in [-0.1, -0.05) is 48.5 Å². The molecular formula is C26H22N6O4S. The van der Waals surface area contributed by atoms with Crippen LogP contribution in [0.2, 0.25) is 0 Å². The van der Waals surface area contributed by atoms with Crippen molar-refractivity contribution in [3.05, 3.63) is 96.4 Å². The minimum absolute atomic E-state index is 0.146. The molecule has 0 aliphatic heterocycles. The minimum atomic E-state index is -3.96. The van der Waals surface area contributed by atoms with Gasteiger partial charge in [0.1, 0.15) is 10.4 Å². The third kappa shape index (κ3) is 4.90. The van der Waals surface area contributed by atoms with Gasteiger partial charge in [0.15, 0.2) is 11.6 Å². The third-order valence-electron chi connectivity index (χ3n) is 5.76. The summed E-state index contributed by atoms with van der Waals surface area (Å²) in [6.07, 6.45) is 4.44. The Balaban J connectivity index is 1.64. The topological polar surface area (TPSA) is 142 Å². The molecule has 2 aromatic carbocycles. The summed E-state index contributed by atoms with van der Waals surface area (Å²) >= 11 is 0. The Morgan fingerprint density at radius 2 is 1.78 bits per heavy atom. The van der Waals surface area contributed by atoms with Crippen LogP contribution in [0.25, 0.3) is 28.0 Å². The van der Waals surface area contributed by atoms with E-state index in [4.69, 9.17) is 14.9 Å². The van der Waals surface area contributed by atoms with Crippen LogP contribution < -0.4 is 10.5 Å². The van der Waals surface area contributed by atoms with Crippen molar-refractivity contribution >= 4 is 27.3 Å². The first-order valence-corrected chi connectivity index (χ1v) is 12.7. The molecule has 186 valence electrons. The second kappa shape index (κ2) is 9.80. The van der Waals surface area contributed by atoms with Gasteiger partial charge in [-0.3, -0.25) is 4.98 Å². The van der Waals surface area contributed by atoms with Crippen LogP contribution in [0.1, 0.15) is 15.9 Å². The maximum Gasteiger partial charge on any atom is 0.338 e. The number of carbonyl (C=O) groups is 1. The Hall–Kier alpha value is -4.61. The lowest BCUT2D eigenvalue weighted by Crippen LogP contribution is -2.13. The van der Waals surface area contributed by atoms with E-state index in [1.54, 1.807) is 22.8 Å². The van der Waals surface area contributed by atoms with Gasteiger partial charge in [0.25, 0.3) is 0 Å². The number of hydrogen-bond donors (Lipinski definition) is 2. The van der Waals surface area contributed by atoms with Crippen molar-refractivity contribution < 1.29 is 17.9 Å². The molecule has 3 heterocycles. The number of methoxy groups -OCH3 is 1. The standard InChI is InChI=1S/C26H22N6O4S/c1-36-26(33)22-10-6-5-9-18(22)15-29-25-23-21(17-7-3-2-4-8-17)11-12-32(23)31-24(30-25)19-13-20(16-28-14-19)37(27,34)35/h2-14,16H,15H2,1H3,(H2,27,34,35)(H,29,30,31). The number of pyridine rings is 1. The first-order valence-electron chi connectivity index (χ1n) is 11.2. The fraction of sp³-hybridized carbons (Fsp3) is 0.0769. The highest BCUT2D eigenvalue weighted by Gasteiger charge is 2.18. The van der Waals surface area contributed by atoms with E-state index in [1.807, 2.05) is 48.5 Å². The van der Waals surface area contributed by atoms with Gasteiger partial charge < -0.3 is 10.1 Å². The third-order valence-corrected chi connectivity index (χ3v) is 6.65. The fourth-order valence-corrected chi connectivity index (χ4v) is 4.48. The molecule has 10 nitrogen and oxygen atoms in total. The lowest BCUT2D eigenvalue weighted by Gasteiger charge is -2.13. The van der Waals surface area contributed by atoms with Crippen LogP contribution in [0.4, 0.5) is 5.82 Å². The van der Waals surface area contributed by atoms with Crippen molar-refractivity contribution in [3.8, 4) is 22.5 Å². The highest BCUT2D eigenvalue weighted by molar-refractivity contribution is 7.89. The first-order chi connectivity index (χ1) is 17.8. The van der Waals surface area contributed by atoms with Crippen LogP contribution >= 0.6 is 0 Å². The average Bonchev–Trinajstić information content (AvgIpc) is 3.36. The second-order valence-electron chi connectivity index (χ2n) is 8.13. The zero-order chi connectivity index (χ0) is 26.0. The quantitative estimate of drug-likeness (QED) is 0.314. The second-order valence-corrected chi connectivity index (χ2v) is 9.69. The smallest absolute Gasteiger partial charge is 0.338 e. The molecule has 0 radical (unpaired) electrons. The Morgan fingerprint density at radius 1 is 1.03 bits per heavy atom. The number of nitrogens with zero attached hydrogens (tertiary/aromatic N) is 4. The molecule has 0 fully saturated rings. The van der Waals surface area contributed by atoms with Crippen molar-refractivity contribution in [2.75, 3.05) is 12.4 Å². The molecule has 0 atom stereocenters. The molecule has 37 heavy (non-hydrogen) atoms. The minimum Gasteiger partial charge on any atom is -0.465 e. The number of rotatable bonds is 7. The SMILES string of the molecule is COC(=O)c1ccccc1CNc1nc(-c2cncc(S(N)(=O)=O)c2)nn2ccc(-c3ccccc3)c12. The molecule has 0 aliphatic rings. The predicted octanol–water partition coefficient (Wildman–Crippen LogP) is 3.50. The van der Waals surface area contributed by atoms with Crippen LogP contribution in [0, 0.1) is 0 Å².